The molecule has 3 rings (SSSR count). The van der Waals surface area contributed by atoms with Crippen molar-refractivity contribution in [2.75, 3.05) is 7.11 Å². The number of aliphatic imine (C=N–C) groups is 1. The van der Waals surface area contributed by atoms with Crippen molar-refractivity contribution < 1.29 is 27.8 Å². The number of ether oxygens (including phenoxy) is 3. The lowest BCUT2D eigenvalue weighted by Gasteiger charge is -2.10. The Kier molecular flexibility index (Phi) is 4.57. The maximum Gasteiger partial charge on any atom is 0.387 e. The zero-order valence-corrected chi connectivity index (χ0v) is 13.2. The molecule has 0 unspecified atom stereocenters. The van der Waals surface area contributed by atoms with Crippen molar-refractivity contribution in [2.24, 2.45) is 4.99 Å². The summed E-state index contributed by atoms with van der Waals surface area (Å²) in [5, 5.41) is 1.84. The standard InChI is InChI=1S/C16H11F2NO4S/c1-21-11-5-4-9(8-12(11)22-16(17)18)7-10-15(20)23-14(19-10)13-3-2-6-24-13/h2-8,16H,1H3/b10-7-. The number of methoxy groups -OCH3 is 1. The van der Waals surface area contributed by atoms with Gasteiger partial charge in [0.05, 0.1) is 12.0 Å². The van der Waals surface area contributed by atoms with Crippen LogP contribution in [-0.4, -0.2) is 25.6 Å². The molecule has 0 N–H and O–H groups in total. The molecule has 1 aliphatic heterocycles. The predicted octanol–water partition coefficient (Wildman–Crippen LogP) is 3.70. The fourth-order valence-electron chi connectivity index (χ4n) is 2.04. The van der Waals surface area contributed by atoms with Gasteiger partial charge in [0.15, 0.2) is 17.2 Å². The van der Waals surface area contributed by atoms with Gasteiger partial charge in [0, 0.05) is 0 Å². The number of esters is 1. The topological polar surface area (TPSA) is 57.1 Å². The third-order valence-electron chi connectivity index (χ3n) is 3.06. The molecule has 0 fully saturated rings. The van der Waals surface area contributed by atoms with Crippen LogP contribution in [0, 0.1) is 0 Å². The zero-order valence-electron chi connectivity index (χ0n) is 12.4. The van der Waals surface area contributed by atoms with Crippen LogP contribution in [0.1, 0.15) is 10.4 Å². The number of carbonyl (C=O) groups excluding carboxylic acids is 1. The number of nitrogens with zero attached hydrogens (tertiary/aromatic N) is 1. The SMILES string of the molecule is COc1ccc(/C=C2\N=C(c3cccs3)OC2=O)cc1OC(F)F. The van der Waals surface area contributed by atoms with Crippen LogP contribution in [0.5, 0.6) is 11.5 Å². The molecule has 124 valence electrons. The number of hydrogen-bond donors (Lipinski definition) is 0. The molecule has 1 aromatic heterocycles. The zero-order chi connectivity index (χ0) is 17.1. The van der Waals surface area contributed by atoms with Gasteiger partial charge >= 0.3 is 12.6 Å². The minimum atomic E-state index is -2.98. The van der Waals surface area contributed by atoms with Crippen LogP contribution in [0.4, 0.5) is 8.78 Å². The lowest BCUT2D eigenvalue weighted by molar-refractivity contribution is -0.129. The van der Waals surface area contributed by atoms with E-state index in [9.17, 15) is 13.6 Å². The number of thiophene rings is 1. The molecule has 0 aliphatic carbocycles. The van der Waals surface area contributed by atoms with Gasteiger partial charge in [-0.1, -0.05) is 12.1 Å². The highest BCUT2D eigenvalue weighted by atomic mass is 32.1. The second-order valence-electron chi connectivity index (χ2n) is 4.60. The van der Waals surface area contributed by atoms with Crippen molar-refractivity contribution in [1.82, 2.24) is 0 Å². The van der Waals surface area contributed by atoms with E-state index in [-0.39, 0.29) is 23.1 Å². The second kappa shape index (κ2) is 6.79. The molecule has 0 saturated carbocycles. The molecule has 8 heteroatoms. The van der Waals surface area contributed by atoms with Gasteiger partial charge in [-0.2, -0.15) is 8.78 Å². The number of halogens is 2. The summed E-state index contributed by atoms with van der Waals surface area (Å²) >= 11 is 1.39. The molecule has 5 nitrogen and oxygen atoms in total. The lowest BCUT2D eigenvalue weighted by atomic mass is 10.1. The van der Waals surface area contributed by atoms with Gasteiger partial charge in [0.1, 0.15) is 0 Å². The third-order valence-corrected chi connectivity index (χ3v) is 3.92. The fraction of sp³-hybridized carbons (Fsp3) is 0.125. The molecular weight excluding hydrogens is 340 g/mol. The molecule has 0 spiro atoms. The highest BCUT2D eigenvalue weighted by Gasteiger charge is 2.24. The molecule has 0 bridgehead atoms. The first-order valence-corrected chi connectivity index (χ1v) is 7.64. The highest BCUT2D eigenvalue weighted by molar-refractivity contribution is 7.12. The first-order valence-electron chi connectivity index (χ1n) is 6.76. The average molecular weight is 351 g/mol. The smallest absolute Gasteiger partial charge is 0.387 e. The summed E-state index contributed by atoms with van der Waals surface area (Å²) in [7, 11) is 1.34. The van der Waals surface area contributed by atoms with Crippen molar-refractivity contribution >= 4 is 29.3 Å². The van der Waals surface area contributed by atoms with Gasteiger partial charge in [-0.15, -0.1) is 11.3 Å². The normalized spacial score (nSPS) is 15.6. The minimum Gasteiger partial charge on any atom is -0.493 e. The van der Waals surface area contributed by atoms with E-state index < -0.39 is 12.6 Å². The largest absolute Gasteiger partial charge is 0.493 e. The molecular formula is C16H11F2NO4S. The first kappa shape index (κ1) is 16.1. The Bertz CT molecular complexity index is 815. The minimum absolute atomic E-state index is 0.0755. The number of hydrogen-bond acceptors (Lipinski definition) is 6. The number of benzene rings is 1. The van der Waals surface area contributed by atoms with Crippen LogP contribution in [0.3, 0.4) is 0 Å². The van der Waals surface area contributed by atoms with Crippen molar-refractivity contribution in [1.29, 1.82) is 0 Å². The summed E-state index contributed by atoms with van der Waals surface area (Å²) < 4.78 is 39.4. The Morgan fingerprint density at radius 1 is 1.29 bits per heavy atom. The second-order valence-corrected chi connectivity index (χ2v) is 5.55. The summed E-state index contributed by atoms with van der Waals surface area (Å²) in [5.74, 6) is -0.353. The average Bonchev–Trinajstić information content (AvgIpc) is 3.17. The van der Waals surface area contributed by atoms with Crippen LogP contribution in [-0.2, 0) is 9.53 Å². The van der Waals surface area contributed by atoms with E-state index in [1.54, 1.807) is 12.1 Å². The van der Waals surface area contributed by atoms with E-state index in [4.69, 9.17) is 9.47 Å². The summed E-state index contributed by atoms with van der Waals surface area (Å²) in [6.45, 7) is -2.98. The van der Waals surface area contributed by atoms with Crippen molar-refractivity contribution in [3.8, 4) is 11.5 Å². The Morgan fingerprint density at radius 2 is 2.12 bits per heavy atom. The molecule has 24 heavy (non-hydrogen) atoms. The van der Waals surface area contributed by atoms with Crippen LogP contribution >= 0.6 is 11.3 Å². The van der Waals surface area contributed by atoms with Crippen LogP contribution in [0.15, 0.2) is 46.4 Å². The molecule has 1 aliphatic rings. The fourth-order valence-corrected chi connectivity index (χ4v) is 2.69. The number of alkyl halides is 2. The van der Waals surface area contributed by atoms with E-state index in [1.165, 1.54) is 36.7 Å². The van der Waals surface area contributed by atoms with Gasteiger partial charge in [0.25, 0.3) is 0 Å². The van der Waals surface area contributed by atoms with Crippen molar-refractivity contribution in [3.05, 3.63) is 51.8 Å². The summed E-state index contributed by atoms with van der Waals surface area (Å²) in [6, 6.07) is 7.99. The molecule has 0 radical (unpaired) electrons. The predicted molar refractivity (Wildman–Crippen MR) is 84.6 cm³/mol. The monoisotopic (exact) mass is 351 g/mol. The van der Waals surface area contributed by atoms with Gasteiger partial charge in [0.2, 0.25) is 5.90 Å². The van der Waals surface area contributed by atoms with E-state index >= 15 is 0 Å². The van der Waals surface area contributed by atoms with Crippen molar-refractivity contribution in [3.63, 3.8) is 0 Å². The van der Waals surface area contributed by atoms with E-state index in [0.717, 1.165) is 4.88 Å². The van der Waals surface area contributed by atoms with Gasteiger partial charge in [-0.05, 0) is 35.2 Å². The maximum atomic E-state index is 12.5. The number of carbonyl (C=O) groups is 1. The Hall–Kier alpha value is -2.74. The highest BCUT2D eigenvalue weighted by Crippen LogP contribution is 2.31. The third kappa shape index (κ3) is 3.43. The molecule has 1 aromatic carbocycles. The Labute approximate surface area is 139 Å². The van der Waals surface area contributed by atoms with Gasteiger partial charge < -0.3 is 14.2 Å². The molecule has 2 aromatic rings. The Morgan fingerprint density at radius 3 is 2.79 bits per heavy atom. The van der Waals surface area contributed by atoms with E-state index in [0.29, 0.717) is 5.56 Å². The van der Waals surface area contributed by atoms with Crippen LogP contribution < -0.4 is 9.47 Å². The molecule has 2 heterocycles. The van der Waals surface area contributed by atoms with Crippen LogP contribution in [0.25, 0.3) is 6.08 Å². The van der Waals surface area contributed by atoms with Gasteiger partial charge in [-0.3, -0.25) is 0 Å². The summed E-state index contributed by atoms with van der Waals surface area (Å²) in [5.41, 5.74) is 0.529. The number of cyclic esters (lactones) is 1. The van der Waals surface area contributed by atoms with Crippen molar-refractivity contribution in [2.45, 2.75) is 6.61 Å². The molecule has 0 saturated heterocycles. The lowest BCUT2D eigenvalue weighted by Crippen LogP contribution is -2.04. The quantitative estimate of drug-likeness (QED) is 0.609. The summed E-state index contributed by atoms with van der Waals surface area (Å²) in [6.07, 6.45) is 1.43. The van der Waals surface area contributed by atoms with Crippen LogP contribution in [0.2, 0.25) is 0 Å². The summed E-state index contributed by atoms with van der Waals surface area (Å²) in [4.78, 5) is 16.8. The molecule has 0 atom stereocenters. The molecule has 0 amide bonds. The van der Waals surface area contributed by atoms with E-state index in [1.807, 2.05) is 11.4 Å². The Balaban J connectivity index is 1.92. The van der Waals surface area contributed by atoms with Gasteiger partial charge in [-0.25, -0.2) is 9.79 Å². The first-order chi connectivity index (χ1) is 11.6. The number of rotatable bonds is 5. The maximum absolute atomic E-state index is 12.5. The van der Waals surface area contributed by atoms with E-state index in [2.05, 4.69) is 9.73 Å².